The molecular weight excluding hydrogens is 307 g/mol. The molecule has 130 valence electrons. The Balaban J connectivity index is 1.90. The maximum atomic E-state index is 13.9. The number of hydrogen-bond donors (Lipinski definition) is 0. The summed E-state index contributed by atoms with van der Waals surface area (Å²) in [6.07, 6.45) is 2.47. The third kappa shape index (κ3) is 5.02. The molecule has 0 saturated carbocycles. The molecule has 0 unspecified atom stereocenters. The summed E-state index contributed by atoms with van der Waals surface area (Å²) >= 11 is 0. The molecule has 1 aliphatic rings. The van der Waals surface area contributed by atoms with Crippen LogP contribution in [-0.4, -0.2) is 58.5 Å². The van der Waals surface area contributed by atoms with Gasteiger partial charge in [-0.25, -0.2) is 4.39 Å². The molecule has 1 aromatic rings. The van der Waals surface area contributed by atoms with Crippen molar-refractivity contribution in [2.45, 2.75) is 38.0 Å². The SMILES string of the molecule is CN(C[C@H](C#N)CCC#N)C[C@@H]1C[C@H](F)CN1Cc1ccnn1C. The molecule has 0 N–H and O–H groups in total. The van der Waals surface area contributed by atoms with Crippen LogP contribution in [-0.2, 0) is 13.6 Å². The fraction of sp³-hybridized carbons (Fsp3) is 0.706. The zero-order valence-corrected chi connectivity index (χ0v) is 14.4. The van der Waals surface area contributed by atoms with Crippen LogP contribution in [0.25, 0.3) is 0 Å². The van der Waals surface area contributed by atoms with Crippen molar-refractivity contribution in [3.8, 4) is 12.1 Å². The van der Waals surface area contributed by atoms with Crippen LogP contribution in [0.2, 0.25) is 0 Å². The summed E-state index contributed by atoms with van der Waals surface area (Å²) in [6.45, 7) is 2.47. The second-order valence-corrected chi connectivity index (χ2v) is 6.61. The van der Waals surface area contributed by atoms with E-state index in [9.17, 15) is 9.65 Å². The highest BCUT2D eigenvalue weighted by molar-refractivity contribution is 5.02. The van der Waals surface area contributed by atoms with E-state index in [-0.39, 0.29) is 12.0 Å². The van der Waals surface area contributed by atoms with Crippen molar-refractivity contribution < 1.29 is 4.39 Å². The van der Waals surface area contributed by atoms with Gasteiger partial charge in [-0.1, -0.05) is 0 Å². The minimum atomic E-state index is -0.804. The molecule has 7 heteroatoms. The Bertz CT molecular complexity index is 601. The number of aromatic nitrogens is 2. The van der Waals surface area contributed by atoms with E-state index in [2.05, 4.69) is 27.0 Å². The van der Waals surface area contributed by atoms with Gasteiger partial charge in [0.1, 0.15) is 6.17 Å². The van der Waals surface area contributed by atoms with Crippen LogP contribution in [0.5, 0.6) is 0 Å². The Morgan fingerprint density at radius 2 is 2.29 bits per heavy atom. The predicted octanol–water partition coefficient (Wildman–Crippen LogP) is 1.71. The summed E-state index contributed by atoms with van der Waals surface area (Å²) in [4.78, 5) is 4.25. The molecule has 1 saturated heterocycles. The van der Waals surface area contributed by atoms with Crippen LogP contribution in [0.4, 0.5) is 4.39 Å². The van der Waals surface area contributed by atoms with Crippen molar-refractivity contribution in [1.82, 2.24) is 19.6 Å². The van der Waals surface area contributed by atoms with Gasteiger partial charge in [0.05, 0.1) is 23.8 Å². The summed E-state index contributed by atoms with van der Waals surface area (Å²) in [5.41, 5.74) is 1.07. The van der Waals surface area contributed by atoms with Crippen LogP contribution in [0, 0.1) is 28.6 Å². The first-order chi connectivity index (χ1) is 11.5. The molecule has 2 rings (SSSR count). The highest BCUT2D eigenvalue weighted by Crippen LogP contribution is 2.23. The first kappa shape index (κ1) is 18.4. The zero-order chi connectivity index (χ0) is 17.5. The van der Waals surface area contributed by atoms with Gasteiger partial charge in [-0.15, -0.1) is 0 Å². The van der Waals surface area contributed by atoms with Crippen LogP contribution >= 0.6 is 0 Å². The maximum Gasteiger partial charge on any atom is 0.114 e. The summed E-state index contributed by atoms with van der Waals surface area (Å²) in [5, 5.41) is 22.0. The van der Waals surface area contributed by atoms with Crippen molar-refractivity contribution in [2.75, 3.05) is 26.7 Å². The summed E-state index contributed by atoms with van der Waals surface area (Å²) < 4.78 is 15.7. The van der Waals surface area contributed by atoms with Gasteiger partial charge in [-0.3, -0.25) is 9.58 Å². The molecule has 1 fully saturated rings. The van der Waals surface area contributed by atoms with E-state index < -0.39 is 6.17 Å². The number of rotatable bonds is 8. The molecular formula is C17H25FN6. The van der Waals surface area contributed by atoms with Crippen LogP contribution in [0.3, 0.4) is 0 Å². The molecule has 1 aromatic heterocycles. The highest BCUT2D eigenvalue weighted by Gasteiger charge is 2.33. The Kier molecular flexibility index (Phi) is 6.72. The molecule has 6 nitrogen and oxygen atoms in total. The minimum Gasteiger partial charge on any atom is -0.304 e. The van der Waals surface area contributed by atoms with Crippen LogP contribution < -0.4 is 0 Å². The third-order valence-electron chi connectivity index (χ3n) is 4.61. The fourth-order valence-corrected chi connectivity index (χ4v) is 3.32. The van der Waals surface area contributed by atoms with E-state index in [4.69, 9.17) is 5.26 Å². The first-order valence-corrected chi connectivity index (χ1v) is 8.33. The predicted molar refractivity (Wildman–Crippen MR) is 88.4 cm³/mol. The normalized spacial score (nSPS) is 22.4. The number of likely N-dealkylation sites (tertiary alicyclic amines) is 1. The van der Waals surface area contributed by atoms with E-state index >= 15 is 0 Å². The summed E-state index contributed by atoms with van der Waals surface area (Å²) in [6, 6.07) is 6.44. The van der Waals surface area contributed by atoms with Gasteiger partial charge in [-0.05, 0) is 26.0 Å². The first-order valence-electron chi connectivity index (χ1n) is 8.33. The number of nitriles is 2. The number of aryl methyl sites for hydroxylation is 1. The molecule has 3 atom stereocenters. The lowest BCUT2D eigenvalue weighted by Crippen LogP contribution is -2.40. The second kappa shape index (κ2) is 8.77. The quantitative estimate of drug-likeness (QED) is 0.725. The lowest BCUT2D eigenvalue weighted by atomic mass is 10.0. The number of nitrogens with zero attached hydrogens (tertiary/aromatic N) is 6. The van der Waals surface area contributed by atoms with Crippen LogP contribution in [0.15, 0.2) is 12.3 Å². The number of halogens is 1. The van der Waals surface area contributed by atoms with Crippen molar-refractivity contribution in [2.24, 2.45) is 13.0 Å². The molecule has 0 spiro atoms. The topological polar surface area (TPSA) is 71.9 Å². The van der Waals surface area contributed by atoms with Crippen molar-refractivity contribution in [3.05, 3.63) is 18.0 Å². The highest BCUT2D eigenvalue weighted by atomic mass is 19.1. The van der Waals surface area contributed by atoms with Gasteiger partial charge >= 0.3 is 0 Å². The molecule has 24 heavy (non-hydrogen) atoms. The van der Waals surface area contributed by atoms with E-state index in [0.29, 0.717) is 38.9 Å². The van der Waals surface area contributed by atoms with E-state index in [1.165, 1.54) is 0 Å². The largest absolute Gasteiger partial charge is 0.304 e. The Morgan fingerprint density at radius 3 is 2.92 bits per heavy atom. The van der Waals surface area contributed by atoms with Gasteiger partial charge in [0.2, 0.25) is 0 Å². The van der Waals surface area contributed by atoms with Gasteiger partial charge in [0.15, 0.2) is 0 Å². The Morgan fingerprint density at radius 1 is 1.50 bits per heavy atom. The zero-order valence-electron chi connectivity index (χ0n) is 14.4. The average Bonchev–Trinajstić information content (AvgIpc) is 3.10. The average molecular weight is 332 g/mol. The number of hydrogen-bond acceptors (Lipinski definition) is 5. The van der Waals surface area contributed by atoms with Crippen molar-refractivity contribution in [3.63, 3.8) is 0 Å². The molecule has 0 radical (unpaired) electrons. The smallest absolute Gasteiger partial charge is 0.114 e. The maximum absolute atomic E-state index is 13.9. The standard InChI is InChI=1S/C17H25FN6/c1-22(10-14(9-20)4-3-6-19)12-17-8-15(18)11-24(17)13-16-5-7-21-23(16)2/h5,7,14-15,17H,3-4,8,10-13H2,1-2H3/t14-,15-,17-/m0/s1. The second-order valence-electron chi connectivity index (χ2n) is 6.61. The van der Waals surface area contributed by atoms with Crippen molar-refractivity contribution in [1.29, 1.82) is 10.5 Å². The van der Waals surface area contributed by atoms with Crippen molar-refractivity contribution >= 4 is 0 Å². The molecule has 1 aliphatic heterocycles. The van der Waals surface area contributed by atoms with E-state index in [0.717, 1.165) is 12.2 Å². The molecule has 0 aromatic carbocycles. The van der Waals surface area contributed by atoms with E-state index in [1.807, 2.05) is 24.8 Å². The van der Waals surface area contributed by atoms with Gasteiger partial charge in [0.25, 0.3) is 0 Å². The minimum absolute atomic E-state index is 0.134. The Hall–Kier alpha value is -1.96. The third-order valence-corrected chi connectivity index (χ3v) is 4.61. The van der Waals surface area contributed by atoms with Gasteiger partial charge in [-0.2, -0.15) is 15.6 Å². The van der Waals surface area contributed by atoms with Gasteiger partial charge in [0, 0.05) is 51.9 Å². The molecule has 2 heterocycles. The number of alkyl halides is 1. The monoisotopic (exact) mass is 332 g/mol. The summed E-state index contributed by atoms with van der Waals surface area (Å²) in [5.74, 6) is -0.150. The molecule has 0 amide bonds. The number of likely N-dealkylation sites (N-methyl/N-ethyl adjacent to an activating group) is 1. The van der Waals surface area contributed by atoms with Gasteiger partial charge < -0.3 is 4.90 Å². The summed E-state index contributed by atoms with van der Waals surface area (Å²) in [7, 11) is 3.86. The molecule has 0 bridgehead atoms. The fourth-order valence-electron chi connectivity index (χ4n) is 3.32. The molecule has 0 aliphatic carbocycles. The van der Waals surface area contributed by atoms with Crippen LogP contribution in [0.1, 0.15) is 25.0 Å². The Labute approximate surface area is 143 Å². The van der Waals surface area contributed by atoms with E-state index in [1.54, 1.807) is 6.20 Å². The lowest BCUT2D eigenvalue weighted by Gasteiger charge is -2.29. The lowest BCUT2D eigenvalue weighted by molar-refractivity contribution is 0.173.